The van der Waals surface area contributed by atoms with E-state index >= 15 is 0 Å². The van der Waals surface area contributed by atoms with E-state index in [4.69, 9.17) is 10.2 Å². The summed E-state index contributed by atoms with van der Waals surface area (Å²) in [6.07, 6.45) is 6.56. The lowest BCUT2D eigenvalue weighted by Gasteiger charge is -2.29. The number of anilines is 1. The van der Waals surface area contributed by atoms with E-state index in [1.165, 1.54) is 6.20 Å². The summed E-state index contributed by atoms with van der Waals surface area (Å²) in [6, 6.07) is 5.38. The van der Waals surface area contributed by atoms with Crippen LogP contribution in [-0.2, 0) is 9.59 Å². The normalized spacial score (nSPS) is 18.5. The molecule has 0 aromatic carbocycles. The van der Waals surface area contributed by atoms with Crippen molar-refractivity contribution in [3.05, 3.63) is 47.3 Å². The average Bonchev–Trinajstić information content (AvgIpc) is 3.23. The first-order chi connectivity index (χ1) is 15.2. The van der Waals surface area contributed by atoms with E-state index in [0.717, 1.165) is 24.8 Å². The molecular weight excluding hydrogens is 408 g/mol. The lowest BCUT2D eigenvalue weighted by Crippen LogP contribution is -2.38. The first kappa shape index (κ1) is 21.4. The summed E-state index contributed by atoms with van der Waals surface area (Å²) >= 11 is 0. The van der Waals surface area contributed by atoms with E-state index in [2.05, 4.69) is 40.5 Å². The molecule has 0 unspecified atom stereocenters. The Balaban J connectivity index is 1.68. The molecule has 0 spiro atoms. The molecule has 1 fully saturated rings. The van der Waals surface area contributed by atoms with Crippen LogP contribution in [0.2, 0.25) is 0 Å². The largest absolute Gasteiger partial charge is 0.339 e. The van der Waals surface area contributed by atoms with E-state index in [1.807, 2.05) is 6.07 Å². The second-order valence-corrected chi connectivity index (χ2v) is 9.01. The molecule has 0 radical (unpaired) electrons. The van der Waals surface area contributed by atoms with Crippen molar-refractivity contribution in [1.29, 1.82) is 5.26 Å². The highest BCUT2D eigenvalue weighted by atomic mass is 16.2. The Kier molecular flexibility index (Phi) is 5.61. The number of rotatable bonds is 4. The summed E-state index contributed by atoms with van der Waals surface area (Å²) < 4.78 is 0. The number of nitrogens with one attached hydrogen (secondary N) is 3. The maximum atomic E-state index is 12.7. The van der Waals surface area contributed by atoms with Crippen LogP contribution < -0.4 is 10.6 Å². The average molecular weight is 432 g/mol. The molecule has 0 atom stereocenters. The van der Waals surface area contributed by atoms with Crippen molar-refractivity contribution >= 4 is 29.0 Å². The molecule has 3 heterocycles. The molecule has 1 saturated heterocycles. The Morgan fingerprint density at radius 1 is 1.22 bits per heavy atom. The van der Waals surface area contributed by atoms with Gasteiger partial charge in [-0.15, -0.1) is 0 Å². The van der Waals surface area contributed by atoms with Crippen LogP contribution in [-0.4, -0.2) is 32.7 Å². The summed E-state index contributed by atoms with van der Waals surface area (Å²) in [5, 5.41) is 14.1. The number of nitrogens with zero attached hydrogens (tertiary/aromatic N) is 3. The number of piperidine rings is 1. The Hall–Kier alpha value is -3.80. The van der Waals surface area contributed by atoms with Gasteiger partial charge in [-0.05, 0) is 42.4 Å². The first-order valence-corrected chi connectivity index (χ1v) is 10.5. The van der Waals surface area contributed by atoms with Crippen molar-refractivity contribution < 1.29 is 14.4 Å². The lowest BCUT2D eigenvalue weighted by atomic mass is 9.77. The highest BCUT2D eigenvalue weighted by molar-refractivity contribution is 6.03. The molecular formula is C23H24N6O3. The van der Waals surface area contributed by atoms with E-state index in [-0.39, 0.29) is 47.5 Å². The molecule has 3 N–H and O–H groups in total. The smallest absolute Gasteiger partial charge is 0.291 e. The molecule has 0 bridgehead atoms. The van der Waals surface area contributed by atoms with E-state index in [1.54, 1.807) is 12.1 Å². The zero-order valence-corrected chi connectivity index (χ0v) is 18.0. The molecule has 1 aliphatic heterocycles. The number of nitriles is 1. The second kappa shape index (κ2) is 8.38. The predicted molar refractivity (Wildman–Crippen MR) is 116 cm³/mol. The Labute approximate surface area is 185 Å². The number of allylic oxidation sites excluding steroid dienone is 2. The van der Waals surface area contributed by atoms with Gasteiger partial charge in [0.1, 0.15) is 6.07 Å². The van der Waals surface area contributed by atoms with Gasteiger partial charge >= 0.3 is 0 Å². The number of hydrogen-bond donors (Lipinski definition) is 3. The fourth-order valence-corrected chi connectivity index (χ4v) is 4.00. The molecule has 2 aromatic heterocycles. The number of imide groups is 1. The monoisotopic (exact) mass is 432 g/mol. The van der Waals surface area contributed by atoms with E-state index in [9.17, 15) is 14.4 Å². The summed E-state index contributed by atoms with van der Waals surface area (Å²) in [4.78, 5) is 47.8. The first-order valence-electron chi connectivity index (χ1n) is 10.5. The van der Waals surface area contributed by atoms with Crippen LogP contribution in [0.1, 0.15) is 79.6 Å². The number of imidazole rings is 1. The van der Waals surface area contributed by atoms with Gasteiger partial charge in [0.25, 0.3) is 5.91 Å². The SMILES string of the molecule is CC1(C)CC=C(c2nc(C3CC(=O)NC(=O)C3)ccc2NC(=O)c2nc(C#N)c[nH]2)CC1. The zero-order valence-electron chi connectivity index (χ0n) is 18.0. The van der Waals surface area contributed by atoms with Gasteiger partial charge in [-0.1, -0.05) is 19.9 Å². The van der Waals surface area contributed by atoms with Gasteiger partial charge in [-0.25, -0.2) is 4.98 Å². The molecule has 9 nitrogen and oxygen atoms in total. The molecule has 2 aliphatic rings. The molecule has 164 valence electrons. The minimum atomic E-state index is -0.480. The van der Waals surface area contributed by atoms with Gasteiger partial charge in [0.15, 0.2) is 11.5 Å². The summed E-state index contributed by atoms with van der Waals surface area (Å²) in [7, 11) is 0. The van der Waals surface area contributed by atoms with Gasteiger partial charge in [0, 0.05) is 30.7 Å². The molecule has 9 heteroatoms. The van der Waals surface area contributed by atoms with Crippen LogP contribution in [0.15, 0.2) is 24.4 Å². The second-order valence-electron chi connectivity index (χ2n) is 9.01. The molecule has 2 aromatic rings. The summed E-state index contributed by atoms with van der Waals surface area (Å²) in [5.74, 6) is -1.37. The fraction of sp³-hybridized carbons (Fsp3) is 0.391. The minimum absolute atomic E-state index is 0.0323. The number of carbonyl (C=O) groups excluding carboxylic acids is 3. The van der Waals surface area contributed by atoms with Crippen molar-refractivity contribution in [2.75, 3.05) is 5.32 Å². The summed E-state index contributed by atoms with van der Waals surface area (Å²) in [5.41, 5.74) is 3.14. The number of carbonyl (C=O) groups is 3. The predicted octanol–water partition coefficient (Wildman–Crippen LogP) is 3.04. The number of H-pyrrole nitrogens is 1. The van der Waals surface area contributed by atoms with Crippen LogP contribution in [0.4, 0.5) is 5.69 Å². The van der Waals surface area contributed by atoms with Crippen LogP contribution in [0.3, 0.4) is 0 Å². The highest BCUT2D eigenvalue weighted by Crippen LogP contribution is 2.40. The zero-order chi connectivity index (χ0) is 22.9. The van der Waals surface area contributed by atoms with Crippen molar-refractivity contribution in [3.63, 3.8) is 0 Å². The number of amides is 3. The fourth-order valence-electron chi connectivity index (χ4n) is 4.00. The van der Waals surface area contributed by atoms with Crippen molar-refractivity contribution in [2.45, 2.75) is 51.9 Å². The number of pyridine rings is 1. The third-order valence-corrected chi connectivity index (χ3v) is 5.91. The quantitative estimate of drug-likeness (QED) is 0.634. The Morgan fingerprint density at radius 3 is 2.59 bits per heavy atom. The lowest BCUT2D eigenvalue weighted by molar-refractivity contribution is -0.133. The molecule has 1 aliphatic carbocycles. The number of aromatic amines is 1. The van der Waals surface area contributed by atoms with E-state index < -0.39 is 5.91 Å². The molecule has 32 heavy (non-hydrogen) atoms. The standard InChI is InChI=1S/C23H24N6O3/c1-23(2)7-5-13(6-8-23)20-17(28-22(32)21-25-12-15(11-24)26-21)4-3-16(27-20)14-9-18(30)29-19(31)10-14/h3-5,12,14H,6-10H2,1-2H3,(H,25,26)(H,28,32)(H,29,30,31). The number of aromatic nitrogens is 3. The molecule has 0 saturated carbocycles. The van der Waals surface area contributed by atoms with Crippen LogP contribution >= 0.6 is 0 Å². The Bertz CT molecular complexity index is 1150. The maximum Gasteiger partial charge on any atom is 0.291 e. The van der Waals surface area contributed by atoms with E-state index in [0.29, 0.717) is 17.1 Å². The third kappa shape index (κ3) is 4.59. The van der Waals surface area contributed by atoms with Gasteiger partial charge in [0.2, 0.25) is 11.8 Å². The van der Waals surface area contributed by atoms with Crippen molar-refractivity contribution in [1.82, 2.24) is 20.3 Å². The minimum Gasteiger partial charge on any atom is -0.339 e. The molecule has 4 rings (SSSR count). The molecule has 3 amide bonds. The van der Waals surface area contributed by atoms with Gasteiger partial charge in [-0.2, -0.15) is 5.26 Å². The van der Waals surface area contributed by atoms with Crippen LogP contribution in [0, 0.1) is 16.7 Å². The van der Waals surface area contributed by atoms with Crippen LogP contribution in [0.25, 0.3) is 5.57 Å². The maximum absolute atomic E-state index is 12.7. The Morgan fingerprint density at radius 2 is 1.97 bits per heavy atom. The van der Waals surface area contributed by atoms with Crippen molar-refractivity contribution in [3.8, 4) is 6.07 Å². The topological polar surface area (TPSA) is 141 Å². The van der Waals surface area contributed by atoms with Crippen LogP contribution in [0.5, 0.6) is 0 Å². The van der Waals surface area contributed by atoms with Gasteiger partial charge in [0.05, 0.1) is 11.4 Å². The highest BCUT2D eigenvalue weighted by Gasteiger charge is 2.29. The van der Waals surface area contributed by atoms with Gasteiger partial charge < -0.3 is 10.3 Å². The number of hydrogen-bond acceptors (Lipinski definition) is 6. The van der Waals surface area contributed by atoms with Gasteiger partial charge in [-0.3, -0.25) is 24.7 Å². The summed E-state index contributed by atoms with van der Waals surface area (Å²) in [6.45, 7) is 4.42. The van der Waals surface area contributed by atoms with Crippen molar-refractivity contribution in [2.24, 2.45) is 5.41 Å². The third-order valence-electron chi connectivity index (χ3n) is 5.91.